The number of hydrogen-bond acceptors (Lipinski definition) is 4. The molecule has 5 nitrogen and oxygen atoms in total. The van der Waals surface area contributed by atoms with E-state index in [1.54, 1.807) is 12.1 Å². The van der Waals surface area contributed by atoms with Gasteiger partial charge < -0.3 is 9.31 Å². The molecule has 2 amide bonds. The van der Waals surface area contributed by atoms with Crippen molar-refractivity contribution in [1.29, 1.82) is 0 Å². The quantitative estimate of drug-likeness (QED) is 0.316. The Morgan fingerprint density at radius 3 is 2.06 bits per heavy atom. The highest BCUT2D eigenvalue weighted by Crippen LogP contribution is 2.38. The maximum atomic E-state index is 13.6. The number of anilines is 1. The zero-order valence-corrected chi connectivity index (χ0v) is 19.6. The predicted octanol–water partition coefficient (Wildman–Crippen LogP) is 5.09. The van der Waals surface area contributed by atoms with E-state index in [1.807, 2.05) is 88.4 Å². The van der Waals surface area contributed by atoms with E-state index in [2.05, 4.69) is 0 Å². The number of imide groups is 1. The summed E-state index contributed by atoms with van der Waals surface area (Å²) in [6, 6.07) is 22.8. The Balaban J connectivity index is 1.49. The largest absolute Gasteiger partial charge is 0.495 e. The summed E-state index contributed by atoms with van der Waals surface area (Å²) in [5, 5.41) is 3.48. The third kappa shape index (κ3) is 2.89. The summed E-state index contributed by atoms with van der Waals surface area (Å²) in [6.45, 7) is 8.03. The van der Waals surface area contributed by atoms with Gasteiger partial charge in [-0.15, -0.1) is 0 Å². The number of carbonyl (C=O) groups is 2. The molecule has 2 heterocycles. The lowest BCUT2D eigenvalue weighted by Crippen LogP contribution is -2.42. The maximum Gasteiger partial charge on any atom is 0.495 e. The van der Waals surface area contributed by atoms with Crippen LogP contribution >= 0.6 is 0 Å². The van der Waals surface area contributed by atoms with Gasteiger partial charge in [-0.3, -0.25) is 9.59 Å². The Kier molecular flexibility index (Phi) is 4.35. The summed E-state index contributed by atoms with van der Waals surface area (Å²) >= 11 is 0. The molecule has 0 unspecified atom stereocenters. The molecule has 0 radical (unpaired) electrons. The van der Waals surface area contributed by atoms with E-state index in [1.165, 1.54) is 4.90 Å². The van der Waals surface area contributed by atoms with E-state index in [4.69, 9.17) is 9.31 Å². The fourth-order valence-corrected chi connectivity index (χ4v) is 4.84. The first-order chi connectivity index (χ1) is 16.2. The maximum absolute atomic E-state index is 13.6. The Morgan fingerprint density at radius 2 is 1.35 bits per heavy atom. The highest BCUT2D eigenvalue weighted by Gasteiger charge is 2.52. The predicted molar refractivity (Wildman–Crippen MR) is 135 cm³/mol. The van der Waals surface area contributed by atoms with Crippen LogP contribution in [-0.2, 0) is 9.31 Å². The molecule has 0 aromatic heterocycles. The van der Waals surface area contributed by atoms with E-state index in [0.717, 1.165) is 21.6 Å². The van der Waals surface area contributed by atoms with Gasteiger partial charge in [-0.05, 0) is 73.6 Å². The molecular formula is C28H24BNO4. The number of hydrogen-bond donors (Lipinski definition) is 0. The fourth-order valence-electron chi connectivity index (χ4n) is 4.84. The summed E-state index contributed by atoms with van der Waals surface area (Å²) in [4.78, 5) is 28.5. The van der Waals surface area contributed by atoms with Crippen molar-refractivity contribution >= 4 is 51.6 Å². The number of carbonyl (C=O) groups excluding carboxylic acids is 2. The normalized spacial score (nSPS) is 18.8. The first-order valence-corrected chi connectivity index (χ1v) is 11.5. The molecule has 6 rings (SSSR count). The topological polar surface area (TPSA) is 55.8 Å². The molecule has 1 fully saturated rings. The van der Waals surface area contributed by atoms with Crippen molar-refractivity contribution in [2.24, 2.45) is 0 Å². The molecule has 168 valence electrons. The summed E-state index contributed by atoms with van der Waals surface area (Å²) < 4.78 is 12.5. The molecule has 0 bridgehead atoms. The Hall–Kier alpha value is -3.48. The Labute approximate surface area is 198 Å². The minimum Gasteiger partial charge on any atom is -0.399 e. The number of rotatable bonds is 2. The molecule has 6 heteroatoms. The van der Waals surface area contributed by atoms with Crippen molar-refractivity contribution in [3.8, 4) is 0 Å². The molecule has 0 aliphatic carbocycles. The van der Waals surface area contributed by atoms with Crippen LogP contribution in [0.3, 0.4) is 0 Å². The van der Waals surface area contributed by atoms with Gasteiger partial charge in [-0.25, -0.2) is 4.90 Å². The lowest BCUT2D eigenvalue weighted by Gasteiger charge is -2.32. The molecule has 0 atom stereocenters. The first-order valence-electron chi connectivity index (χ1n) is 11.5. The number of fused-ring (bicyclic) bond motifs is 1. The fraction of sp³-hybridized carbons (Fsp3) is 0.214. The van der Waals surface area contributed by atoms with Crippen LogP contribution in [0.25, 0.3) is 21.5 Å². The van der Waals surface area contributed by atoms with Gasteiger partial charge in [0.15, 0.2) is 0 Å². The second-order valence-corrected chi connectivity index (χ2v) is 10.00. The Bertz CT molecular complexity index is 1490. The second-order valence-electron chi connectivity index (χ2n) is 10.00. The molecule has 0 saturated carbocycles. The van der Waals surface area contributed by atoms with E-state index >= 15 is 0 Å². The van der Waals surface area contributed by atoms with Crippen LogP contribution in [0.15, 0.2) is 72.8 Å². The van der Waals surface area contributed by atoms with E-state index in [9.17, 15) is 9.59 Å². The SMILES string of the molecule is CC1(C)OB(c2ccc3c4c(cccc24)C(=O)N(c2ccc4ccccc4c2)C3=O)OC1(C)C. The lowest BCUT2D eigenvalue weighted by atomic mass is 9.74. The van der Waals surface area contributed by atoms with E-state index in [0.29, 0.717) is 22.2 Å². The van der Waals surface area contributed by atoms with E-state index in [-0.39, 0.29) is 11.8 Å². The van der Waals surface area contributed by atoms with Crippen molar-refractivity contribution in [2.75, 3.05) is 4.90 Å². The van der Waals surface area contributed by atoms with Gasteiger partial charge in [0.2, 0.25) is 0 Å². The third-order valence-electron chi connectivity index (χ3n) is 7.44. The van der Waals surface area contributed by atoms with Gasteiger partial charge in [0.05, 0.1) is 16.9 Å². The number of benzene rings is 4. The van der Waals surface area contributed by atoms with Gasteiger partial charge in [0.1, 0.15) is 0 Å². The van der Waals surface area contributed by atoms with Crippen LogP contribution in [0, 0.1) is 0 Å². The summed E-state index contributed by atoms with van der Waals surface area (Å²) in [6.07, 6.45) is 0. The molecule has 2 aliphatic heterocycles. The monoisotopic (exact) mass is 449 g/mol. The molecule has 4 aromatic rings. The number of nitrogens with zero attached hydrogens (tertiary/aromatic N) is 1. The molecular weight excluding hydrogens is 425 g/mol. The van der Waals surface area contributed by atoms with Gasteiger partial charge in [-0.2, -0.15) is 0 Å². The van der Waals surface area contributed by atoms with Gasteiger partial charge >= 0.3 is 7.12 Å². The molecule has 0 spiro atoms. The van der Waals surface area contributed by atoms with Crippen molar-refractivity contribution in [1.82, 2.24) is 0 Å². The highest BCUT2D eigenvalue weighted by atomic mass is 16.7. The average molecular weight is 449 g/mol. The van der Waals surface area contributed by atoms with Crippen LogP contribution in [0.5, 0.6) is 0 Å². The van der Waals surface area contributed by atoms with Crippen molar-refractivity contribution < 1.29 is 18.9 Å². The molecule has 4 aromatic carbocycles. The molecule has 34 heavy (non-hydrogen) atoms. The van der Waals surface area contributed by atoms with Crippen LogP contribution in [0.1, 0.15) is 48.4 Å². The van der Waals surface area contributed by atoms with Crippen molar-refractivity contribution in [3.63, 3.8) is 0 Å². The zero-order valence-electron chi connectivity index (χ0n) is 19.6. The summed E-state index contributed by atoms with van der Waals surface area (Å²) in [5.74, 6) is -0.658. The van der Waals surface area contributed by atoms with Gasteiger partial charge in [-0.1, -0.05) is 48.5 Å². The second kappa shape index (κ2) is 7.01. The standard InChI is InChI=1S/C28H24BNO4/c1-27(2)28(3,4)34-29(33-27)23-15-14-22-24-20(23)10-7-11-21(24)25(31)30(26(22)32)19-13-12-17-8-5-6-9-18(17)16-19/h5-16H,1-4H3. The molecule has 1 saturated heterocycles. The van der Waals surface area contributed by atoms with E-state index < -0.39 is 18.3 Å². The van der Waals surface area contributed by atoms with Crippen LogP contribution in [0.2, 0.25) is 0 Å². The minimum atomic E-state index is -0.585. The summed E-state index contributed by atoms with van der Waals surface area (Å²) in [5.41, 5.74) is 1.40. The third-order valence-corrected chi connectivity index (χ3v) is 7.44. The minimum absolute atomic E-state index is 0.329. The summed E-state index contributed by atoms with van der Waals surface area (Å²) in [7, 11) is -0.585. The average Bonchev–Trinajstić information content (AvgIpc) is 3.03. The lowest BCUT2D eigenvalue weighted by molar-refractivity contribution is 0.00578. The van der Waals surface area contributed by atoms with Crippen LogP contribution in [-0.4, -0.2) is 30.1 Å². The molecule has 2 aliphatic rings. The highest BCUT2D eigenvalue weighted by molar-refractivity contribution is 6.65. The Morgan fingerprint density at radius 1 is 0.706 bits per heavy atom. The van der Waals surface area contributed by atoms with Gasteiger partial charge in [0.25, 0.3) is 11.8 Å². The smallest absolute Gasteiger partial charge is 0.399 e. The van der Waals surface area contributed by atoms with Crippen molar-refractivity contribution in [2.45, 2.75) is 38.9 Å². The van der Waals surface area contributed by atoms with Crippen molar-refractivity contribution in [3.05, 3.63) is 83.9 Å². The van der Waals surface area contributed by atoms with Crippen LogP contribution in [0.4, 0.5) is 5.69 Å². The zero-order chi connectivity index (χ0) is 23.8. The van der Waals surface area contributed by atoms with Crippen LogP contribution < -0.4 is 10.4 Å². The van der Waals surface area contributed by atoms with Gasteiger partial charge in [0, 0.05) is 16.5 Å². The number of amides is 2. The molecule has 0 N–H and O–H groups in total. The first kappa shape index (κ1) is 21.1.